The van der Waals surface area contributed by atoms with Crippen molar-refractivity contribution in [1.82, 2.24) is 25.0 Å². The number of rotatable bonds is 30. The molecule has 5 aromatic rings. The molecule has 0 saturated carbocycles. The molecule has 2 fully saturated rings. The van der Waals surface area contributed by atoms with E-state index >= 15 is 0 Å². The summed E-state index contributed by atoms with van der Waals surface area (Å²) in [5.41, 5.74) is 4.81. The average molecular weight is 1210 g/mol. The van der Waals surface area contributed by atoms with E-state index in [0.29, 0.717) is 68.1 Å². The van der Waals surface area contributed by atoms with E-state index < -0.39 is 52.7 Å². The number of methoxy groups -OCH3 is 1. The molecule has 4 aromatic carbocycles. The summed E-state index contributed by atoms with van der Waals surface area (Å²) in [7, 11) is 1.31. The Balaban J connectivity index is 0.684. The highest BCUT2D eigenvalue weighted by molar-refractivity contribution is 8.18. The van der Waals surface area contributed by atoms with Gasteiger partial charge >= 0.3 is 6.18 Å². The van der Waals surface area contributed by atoms with Gasteiger partial charge in [0.05, 0.1) is 97.6 Å². The van der Waals surface area contributed by atoms with Crippen LogP contribution < -0.4 is 19.5 Å². The number of ether oxygens (including phenoxy) is 7. The average Bonchev–Trinajstić information content (AvgIpc) is 2.91. The molecule has 0 bridgehead atoms. The fourth-order valence-corrected chi connectivity index (χ4v) is 11.6. The summed E-state index contributed by atoms with van der Waals surface area (Å²) in [6.45, 7) is 9.08. The first kappa shape index (κ1) is 63.6. The molecule has 5 amide bonds. The molecule has 24 heteroatoms. The molecule has 4 heterocycles. The van der Waals surface area contributed by atoms with Crippen molar-refractivity contribution in [3.05, 3.63) is 128 Å². The number of hydrogen-bond donors (Lipinski definition) is 2. The molecular formula is C61H67F3N6O13S2. The number of benzene rings is 4. The Bertz CT molecular complexity index is 3260. The Morgan fingerprint density at radius 2 is 1.55 bits per heavy atom. The molecule has 2 N–H and O–H groups in total. The lowest BCUT2D eigenvalue weighted by Crippen LogP contribution is -2.55. The van der Waals surface area contributed by atoms with Gasteiger partial charge in [0.2, 0.25) is 11.8 Å². The summed E-state index contributed by atoms with van der Waals surface area (Å²) < 4.78 is 81.2. The molecule has 1 aromatic heterocycles. The highest BCUT2D eigenvalue weighted by atomic mass is 32.2. The van der Waals surface area contributed by atoms with Crippen LogP contribution in [0.1, 0.15) is 83.4 Å². The minimum Gasteiger partial charge on any atom is -0.493 e. The molecule has 3 atom stereocenters. The van der Waals surface area contributed by atoms with E-state index in [2.05, 4.69) is 10.3 Å². The van der Waals surface area contributed by atoms with E-state index in [0.717, 1.165) is 63.7 Å². The molecule has 0 aliphatic carbocycles. The Morgan fingerprint density at radius 1 is 0.847 bits per heavy atom. The van der Waals surface area contributed by atoms with Crippen molar-refractivity contribution < 1.29 is 75.4 Å². The third kappa shape index (κ3) is 16.5. The van der Waals surface area contributed by atoms with Crippen molar-refractivity contribution in [1.29, 1.82) is 5.26 Å². The Labute approximate surface area is 498 Å². The minimum atomic E-state index is -4.78. The molecule has 2 saturated heterocycles. The van der Waals surface area contributed by atoms with E-state index in [9.17, 15) is 42.3 Å². The van der Waals surface area contributed by atoms with Crippen LogP contribution in [0.5, 0.6) is 23.0 Å². The third-order valence-corrected chi connectivity index (χ3v) is 16.1. The lowest BCUT2D eigenvalue weighted by molar-refractivity contribution is -0.143. The number of halogens is 3. The van der Waals surface area contributed by atoms with E-state index in [-0.39, 0.29) is 92.2 Å². The highest BCUT2D eigenvalue weighted by Gasteiger charge is 2.46. The summed E-state index contributed by atoms with van der Waals surface area (Å²) in [5.74, 6) is -1.72. The smallest absolute Gasteiger partial charge is 0.420 e. The van der Waals surface area contributed by atoms with Crippen molar-refractivity contribution in [2.75, 3.05) is 79.7 Å². The standard InChI is InChI=1S/C61H67F3N6O13S2/c1-38(2)54(70-35-44-10-6-7-11-46(44)57(70)73)59(75)69-36-45(71)32-48(69)56(72)66-34-43-15-14-42(55-39(3)67-37-84-55)31-51(43)82-27-26-81-25-23-79-20-9-5-8-19-78-22-24-80-21-18-68-58(74)53(85-60(68)76)30-40-12-17-50(52(29-40)77-4)83-49-16-13-41(33-65)28-47(49)61(62,63)64/h6-7,10-17,28-31,37-38,45,48,54,71H,5,8-9,18-27,32,34-36H2,1-4H3,(H,66,72)/b53-30-/t45-,48+,54+/m1/s1. The zero-order chi connectivity index (χ0) is 60.6. The molecule has 0 unspecified atom stereocenters. The molecule has 3 aliphatic rings. The number of aliphatic hydroxyl groups excluding tert-OH is 1. The van der Waals surface area contributed by atoms with Crippen LogP contribution in [0.4, 0.5) is 18.0 Å². The van der Waals surface area contributed by atoms with Gasteiger partial charge in [0, 0.05) is 50.4 Å². The first-order chi connectivity index (χ1) is 40.9. The van der Waals surface area contributed by atoms with Crippen LogP contribution in [0.3, 0.4) is 0 Å². The quantitative estimate of drug-likeness (QED) is 0.0322. The summed E-state index contributed by atoms with van der Waals surface area (Å²) in [6, 6.07) is 20.3. The van der Waals surface area contributed by atoms with E-state index in [1.807, 2.05) is 51.1 Å². The summed E-state index contributed by atoms with van der Waals surface area (Å²) >= 11 is 2.26. The third-order valence-electron chi connectivity index (χ3n) is 14.2. The maximum atomic E-state index is 14.3. The van der Waals surface area contributed by atoms with E-state index in [1.165, 1.54) is 53.7 Å². The minimum absolute atomic E-state index is 0.0212. The SMILES string of the molecule is COc1cc(/C=C2\SC(=O)N(CCOCCOCCCCCOCCOCCOc3cc(-c4scnc4C)ccc3CNC(=O)[C@@H]3C[C@@H](O)CN3C(=O)[C@H](C(C)C)N3Cc4ccccc4C3=O)C2=O)ccc1Oc1ccc(C#N)cc1C(F)(F)F. The number of thioether (sulfide) groups is 1. The monoisotopic (exact) mass is 1210 g/mol. The van der Waals surface area contributed by atoms with Crippen LogP contribution >= 0.6 is 23.1 Å². The van der Waals surface area contributed by atoms with Crippen molar-refractivity contribution in [2.24, 2.45) is 5.92 Å². The Kier molecular flexibility index (Phi) is 22.6. The first-order valence-electron chi connectivity index (χ1n) is 27.8. The van der Waals surface area contributed by atoms with Crippen molar-refractivity contribution in [3.8, 4) is 39.5 Å². The first-order valence-corrected chi connectivity index (χ1v) is 29.5. The van der Waals surface area contributed by atoms with Crippen molar-refractivity contribution >= 4 is 58.0 Å². The van der Waals surface area contributed by atoms with Gasteiger partial charge in [-0.05, 0) is 109 Å². The largest absolute Gasteiger partial charge is 0.493 e. The molecule has 19 nitrogen and oxygen atoms in total. The number of aryl methyl sites for hydroxylation is 1. The molecular weight excluding hydrogens is 1150 g/mol. The number of amides is 5. The van der Waals surface area contributed by atoms with E-state index in [4.69, 9.17) is 38.4 Å². The second-order valence-corrected chi connectivity index (χ2v) is 22.4. The number of nitrogens with zero attached hydrogens (tertiary/aromatic N) is 5. The molecule has 0 radical (unpaired) electrons. The van der Waals surface area contributed by atoms with Crippen LogP contribution in [0.2, 0.25) is 0 Å². The van der Waals surface area contributed by atoms with Gasteiger partial charge in [-0.2, -0.15) is 18.4 Å². The van der Waals surface area contributed by atoms with Crippen LogP contribution in [0.15, 0.2) is 89.3 Å². The van der Waals surface area contributed by atoms with Gasteiger partial charge in [-0.25, -0.2) is 4.98 Å². The number of imide groups is 1. The second-order valence-electron chi connectivity index (χ2n) is 20.5. The van der Waals surface area contributed by atoms with E-state index in [1.54, 1.807) is 28.6 Å². The zero-order valence-electron chi connectivity index (χ0n) is 47.5. The van der Waals surface area contributed by atoms with Gasteiger partial charge in [0.1, 0.15) is 30.2 Å². The molecule has 452 valence electrons. The van der Waals surface area contributed by atoms with Gasteiger partial charge in [0.25, 0.3) is 17.1 Å². The van der Waals surface area contributed by atoms with Crippen molar-refractivity contribution in [2.45, 2.75) is 83.9 Å². The molecule has 85 heavy (non-hydrogen) atoms. The Hall–Kier alpha value is -7.37. The number of alkyl halides is 3. The number of unbranched alkanes of at least 4 members (excludes halogenated alkanes) is 2. The number of aromatic nitrogens is 1. The molecule has 3 aliphatic heterocycles. The summed E-state index contributed by atoms with van der Waals surface area (Å²) in [5, 5.41) is 22.3. The fraction of sp³-hybridized carbons (Fsp3) is 0.426. The van der Waals surface area contributed by atoms with Gasteiger partial charge < -0.3 is 53.4 Å². The summed E-state index contributed by atoms with van der Waals surface area (Å²) in [4.78, 5) is 77.0. The second kappa shape index (κ2) is 30.1. The number of nitrogens with one attached hydrogen (secondary N) is 1. The normalized spacial score (nSPS) is 16.8. The number of fused-ring (bicyclic) bond motifs is 1. The number of hydrogen-bond acceptors (Lipinski definition) is 17. The van der Waals surface area contributed by atoms with Crippen LogP contribution in [-0.2, 0) is 52.6 Å². The number of carbonyl (C=O) groups excluding carboxylic acids is 5. The lowest BCUT2D eigenvalue weighted by atomic mass is 10.0. The van der Waals surface area contributed by atoms with Gasteiger partial charge in [-0.1, -0.05) is 50.2 Å². The van der Waals surface area contributed by atoms with Gasteiger partial charge in [-0.3, -0.25) is 28.9 Å². The number of aliphatic hydroxyl groups is 1. The van der Waals surface area contributed by atoms with Crippen LogP contribution in [0.25, 0.3) is 16.5 Å². The van der Waals surface area contributed by atoms with Crippen LogP contribution in [-0.4, -0.2) is 152 Å². The van der Waals surface area contributed by atoms with Crippen molar-refractivity contribution in [3.63, 3.8) is 0 Å². The number of carbonyl (C=O) groups is 5. The lowest BCUT2D eigenvalue weighted by Gasteiger charge is -2.35. The van der Waals surface area contributed by atoms with Gasteiger partial charge in [-0.15, -0.1) is 11.3 Å². The fourth-order valence-electron chi connectivity index (χ4n) is 9.94. The zero-order valence-corrected chi connectivity index (χ0v) is 49.2. The number of β-amino-alcohol motifs (C(OH)–C–C–N with tert-alkyl or cyclic N) is 1. The molecule has 0 spiro atoms. The molecule has 8 rings (SSSR count). The number of likely N-dealkylation sites (tertiary alicyclic amines) is 1. The highest BCUT2D eigenvalue weighted by Crippen LogP contribution is 2.42. The van der Waals surface area contributed by atoms with Gasteiger partial charge in [0.15, 0.2) is 11.5 Å². The Morgan fingerprint density at radius 3 is 2.24 bits per heavy atom. The van der Waals surface area contributed by atoms with Crippen LogP contribution in [0, 0.1) is 24.2 Å². The number of nitriles is 1. The summed E-state index contributed by atoms with van der Waals surface area (Å²) in [6.07, 6.45) is -1.63. The topological polar surface area (TPSA) is 229 Å². The predicted molar refractivity (Wildman–Crippen MR) is 310 cm³/mol. The predicted octanol–water partition coefficient (Wildman–Crippen LogP) is 9.42. The maximum absolute atomic E-state index is 14.3. The maximum Gasteiger partial charge on any atom is 0.420 e. The number of thiazole rings is 1.